The zero-order valence-electron chi connectivity index (χ0n) is 18.0. The Labute approximate surface area is 189 Å². The van der Waals surface area contributed by atoms with E-state index >= 15 is 0 Å². The molecule has 32 heavy (non-hydrogen) atoms. The number of methoxy groups -OCH3 is 3. The van der Waals surface area contributed by atoms with Crippen LogP contribution in [0.1, 0.15) is 6.42 Å². The van der Waals surface area contributed by atoms with E-state index in [9.17, 15) is 9.59 Å². The molecular formula is C23H23N3O5S. The number of carbonyl (C=O) groups excluding carboxylic acids is 2. The van der Waals surface area contributed by atoms with Crippen molar-refractivity contribution in [2.45, 2.75) is 6.42 Å². The fourth-order valence-electron chi connectivity index (χ4n) is 3.65. The summed E-state index contributed by atoms with van der Waals surface area (Å²) in [6.07, 6.45) is 0.131. The third kappa shape index (κ3) is 4.24. The van der Waals surface area contributed by atoms with Crippen molar-refractivity contribution in [3.63, 3.8) is 0 Å². The summed E-state index contributed by atoms with van der Waals surface area (Å²) < 4.78 is 16.1. The minimum atomic E-state index is -0.480. The average Bonchev–Trinajstić information content (AvgIpc) is 3.45. The van der Waals surface area contributed by atoms with Gasteiger partial charge in [-0.25, -0.2) is 4.98 Å². The molecule has 3 aromatic rings. The van der Waals surface area contributed by atoms with E-state index in [1.54, 1.807) is 32.3 Å². The van der Waals surface area contributed by atoms with Crippen molar-refractivity contribution in [3.8, 4) is 28.5 Å². The Hall–Kier alpha value is -3.59. The molecule has 0 unspecified atom stereocenters. The number of anilines is 2. The number of aromatic nitrogens is 1. The molecule has 0 radical (unpaired) electrons. The van der Waals surface area contributed by atoms with Crippen LogP contribution in [0.2, 0.25) is 0 Å². The largest absolute Gasteiger partial charge is 0.497 e. The van der Waals surface area contributed by atoms with E-state index < -0.39 is 5.92 Å². The highest BCUT2D eigenvalue weighted by Gasteiger charge is 2.36. The molecule has 2 amide bonds. The van der Waals surface area contributed by atoms with E-state index in [1.165, 1.54) is 11.3 Å². The first-order valence-corrected chi connectivity index (χ1v) is 10.8. The van der Waals surface area contributed by atoms with Crippen LogP contribution in [0.4, 0.5) is 10.8 Å². The van der Waals surface area contributed by atoms with E-state index in [0.29, 0.717) is 33.8 Å². The third-order valence-corrected chi connectivity index (χ3v) is 6.05. The monoisotopic (exact) mass is 453 g/mol. The van der Waals surface area contributed by atoms with Crippen LogP contribution in [-0.2, 0) is 9.59 Å². The van der Waals surface area contributed by atoms with Gasteiger partial charge in [0.05, 0.1) is 38.6 Å². The smallest absolute Gasteiger partial charge is 0.231 e. The van der Waals surface area contributed by atoms with Gasteiger partial charge in [-0.2, -0.15) is 0 Å². The van der Waals surface area contributed by atoms with Crippen molar-refractivity contribution >= 4 is 34.0 Å². The Morgan fingerprint density at radius 1 is 1.09 bits per heavy atom. The summed E-state index contributed by atoms with van der Waals surface area (Å²) in [4.78, 5) is 31.6. The predicted octanol–water partition coefficient (Wildman–Crippen LogP) is 3.83. The molecule has 2 heterocycles. The number of nitrogens with zero attached hydrogens (tertiary/aromatic N) is 2. The molecule has 4 rings (SSSR count). The average molecular weight is 454 g/mol. The molecule has 166 valence electrons. The minimum absolute atomic E-state index is 0.115. The molecule has 1 saturated heterocycles. The van der Waals surface area contributed by atoms with Crippen LogP contribution in [0.3, 0.4) is 0 Å². The molecule has 1 atom stereocenters. The van der Waals surface area contributed by atoms with Crippen LogP contribution < -0.4 is 24.4 Å². The van der Waals surface area contributed by atoms with Gasteiger partial charge in [0.25, 0.3) is 0 Å². The molecule has 2 aromatic carbocycles. The summed E-state index contributed by atoms with van der Waals surface area (Å²) in [5.74, 6) is 1.10. The highest BCUT2D eigenvalue weighted by atomic mass is 32.1. The van der Waals surface area contributed by atoms with Gasteiger partial charge in [0.1, 0.15) is 17.2 Å². The van der Waals surface area contributed by atoms with Crippen LogP contribution in [0.5, 0.6) is 17.2 Å². The fourth-order valence-corrected chi connectivity index (χ4v) is 4.36. The van der Waals surface area contributed by atoms with Crippen molar-refractivity contribution in [2.75, 3.05) is 38.1 Å². The number of hydrogen-bond acceptors (Lipinski definition) is 7. The molecule has 1 fully saturated rings. The first-order valence-electron chi connectivity index (χ1n) is 9.96. The first-order chi connectivity index (χ1) is 15.5. The lowest BCUT2D eigenvalue weighted by Crippen LogP contribution is -2.28. The van der Waals surface area contributed by atoms with Crippen molar-refractivity contribution in [1.29, 1.82) is 0 Å². The lowest BCUT2D eigenvalue weighted by Gasteiger charge is -2.19. The second-order valence-corrected chi connectivity index (χ2v) is 8.03. The van der Waals surface area contributed by atoms with Crippen LogP contribution in [-0.4, -0.2) is 44.7 Å². The molecule has 0 spiro atoms. The van der Waals surface area contributed by atoms with Gasteiger partial charge in [-0.1, -0.05) is 12.1 Å². The number of benzene rings is 2. The standard InChI is InChI=1S/C23H23N3O5S/c1-29-15-8-9-19(30-2)16(11-15)17-13-32-23(24-17)25-22(28)14-10-21(27)26(12-14)18-6-4-5-7-20(18)31-3/h4-9,11,13-14H,10,12H2,1-3H3,(H,24,25,28)/t14-/m1/s1. The van der Waals surface area contributed by atoms with Gasteiger partial charge in [-0.3, -0.25) is 9.59 Å². The summed E-state index contributed by atoms with van der Waals surface area (Å²) in [5.41, 5.74) is 2.10. The summed E-state index contributed by atoms with van der Waals surface area (Å²) >= 11 is 1.31. The van der Waals surface area contributed by atoms with E-state index in [2.05, 4.69) is 10.3 Å². The zero-order valence-corrected chi connectivity index (χ0v) is 18.8. The lowest BCUT2D eigenvalue weighted by atomic mass is 10.1. The second kappa shape index (κ2) is 9.27. The van der Waals surface area contributed by atoms with Gasteiger partial charge in [0.2, 0.25) is 11.8 Å². The molecule has 8 nitrogen and oxygen atoms in total. The predicted molar refractivity (Wildman–Crippen MR) is 123 cm³/mol. The quantitative estimate of drug-likeness (QED) is 0.585. The maximum atomic E-state index is 12.9. The number of hydrogen-bond donors (Lipinski definition) is 1. The molecule has 9 heteroatoms. The summed E-state index contributed by atoms with van der Waals surface area (Å²) in [5, 5.41) is 5.15. The van der Waals surface area contributed by atoms with E-state index in [1.807, 2.05) is 41.8 Å². The van der Waals surface area contributed by atoms with Gasteiger partial charge in [0.15, 0.2) is 5.13 Å². The van der Waals surface area contributed by atoms with Gasteiger partial charge in [-0.05, 0) is 30.3 Å². The summed E-state index contributed by atoms with van der Waals surface area (Å²) in [6.45, 7) is 0.285. The van der Waals surface area contributed by atoms with Gasteiger partial charge < -0.3 is 24.4 Å². The molecule has 0 aliphatic carbocycles. The van der Waals surface area contributed by atoms with Crippen molar-refractivity contribution in [2.24, 2.45) is 5.92 Å². The van der Waals surface area contributed by atoms with Crippen LogP contribution in [0.15, 0.2) is 47.8 Å². The zero-order chi connectivity index (χ0) is 22.7. The minimum Gasteiger partial charge on any atom is -0.497 e. The van der Waals surface area contributed by atoms with Crippen LogP contribution in [0.25, 0.3) is 11.3 Å². The Balaban J connectivity index is 1.48. The number of para-hydroxylation sites is 2. The maximum absolute atomic E-state index is 12.9. The van der Waals surface area contributed by atoms with E-state index in [-0.39, 0.29) is 24.8 Å². The Bertz CT molecular complexity index is 1150. The topological polar surface area (TPSA) is 90.0 Å². The second-order valence-electron chi connectivity index (χ2n) is 7.17. The number of ether oxygens (including phenoxy) is 3. The number of thiazole rings is 1. The molecule has 1 aromatic heterocycles. The molecule has 1 aliphatic heterocycles. The SMILES string of the molecule is COc1ccc(OC)c(-c2csc(NC(=O)[C@@H]3CC(=O)N(c4ccccc4OC)C3)n2)c1. The molecule has 1 N–H and O–H groups in total. The molecule has 0 bridgehead atoms. The van der Waals surface area contributed by atoms with Crippen molar-refractivity contribution in [3.05, 3.63) is 47.8 Å². The van der Waals surface area contributed by atoms with E-state index in [0.717, 1.165) is 5.56 Å². The van der Waals surface area contributed by atoms with Crippen LogP contribution >= 0.6 is 11.3 Å². The molecule has 1 aliphatic rings. The Morgan fingerprint density at radius 2 is 1.88 bits per heavy atom. The third-order valence-electron chi connectivity index (χ3n) is 5.29. The van der Waals surface area contributed by atoms with Crippen molar-refractivity contribution < 1.29 is 23.8 Å². The summed E-state index contributed by atoms with van der Waals surface area (Å²) in [6, 6.07) is 12.7. The van der Waals surface area contributed by atoms with E-state index in [4.69, 9.17) is 14.2 Å². The molecular weight excluding hydrogens is 430 g/mol. The highest BCUT2D eigenvalue weighted by molar-refractivity contribution is 7.14. The fraction of sp³-hybridized carbons (Fsp3) is 0.261. The maximum Gasteiger partial charge on any atom is 0.231 e. The number of rotatable bonds is 7. The van der Waals surface area contributed by atoms with Crippen molar-refractivity contribution in [1.82, 2.24) is 4.98 Å². The van der Waals surface area contributed by atoms with Crippen LogP contribution in [0, 0.1) is 5.92 Å². The first kappa shape index (κ1) is 21.6. The lowest BCUT2D eigenvalue weighted by molar-refractivity contribution is -0.122. The highest BCUT2D eigenvalue weighted by Crippen LogP contribution is 2.36. The number of carbonyl (C=O) groups is 2. The Kier molecular flexibility index (Phi) is 6.27. The number of nitrogens with one attached hydrogen (secondary N) is 1. The van der Waals surface area contributed by atoms with Gasteiger partial charge >= 0.3 is 0 Å². The van der Waals surface area contributed by atoms with Gasteiger partial charge in [-0.15, -0.1) is 11.3 Å². The van der Waals surface area contributed by atoms with Gasteiger partial charge in [0, 0.05) is 23.9 Å². The number of amides is 2. The normalized spacial score (nSPS) is 15.5. The Morgan fingerprint density at radius 3 is 2.62 bits per heavy atom. The molecule has 0 saturated carbocycles. The summed E-state index contributed by atoms with van der Waals surface area (Å²) in [7, 11) is 4.74.